The van der Waals surface area contributed by atoms with Crippen LogP contribution in [0, 0.1) is 0 Å². The number of aromatic nitrogens is 3. The molecule has 8 heteroatoms. The molecular formula is C18H19N7O. The Morgan fingerprint density at radius 3 is 3.00 bits per heavy atom. The summed E-state index contributed by atoms with van der Waals surface area (Å²) in [4.78, 5) is 24.7. The van der Waals surface area contributed by atoms with Crippen LogP contribution in [0.3, 0.4) is 0 Å². The molecule has 0 saturated carbocycles. The second kappa shape index (κ2) is 6.93. The van der Waals surface area contributed by atoms with Crippen LogP contribution in [0.5, 0.6) is 0 Å². The van der Waals surface area contributed by atoms with Crippen molar-refractivity contribution in [2.45, 2.75) is 12.5 Å². The summed E-state index contributed by atoms with van der Waals surface area (Å²) in [7, 11) is 0. The van der Waals surface area contributed by atoms with E-state index in [1.165, 1.54) is 6.20 Å². The van der Waals surface area contributed by atoms with Gasteiger partial charge in [0, 0.05) is 36.1 Å². The van der Waals surface area contributed by atoms with Crippen LogP contribution in [-0.2, 0) is 0 Å². The Balaban J connectivity index is 1.64. The van der Waals surface area contributed by atoms with Gasteiger partial charge in [-0.1, -0.05) is 6.07 Å². The number of hydrogen-bond acceptors (Lipinski definition) is 7. The van der Waals surface area contributed by atoms with Crippen LogP contribution in [0.1, 0.15) is 16.8 Å². The largest absolute Gasteiger partial charge is 0.365 e. The Hall–Kier alpha value is -3.26. The number of carbonyl (C=O) groups is 1. The molecule has 4 rings (SSSR count). The van der Waals surface area contributed by atoms with Crippen LogP contribution in [0.2, 0.25) is 0 Å². The van der Waals surface area contributed by atoms with E-state index in [0.29, 0.717) is 11.8 Å². The summed E-state index contributed by atoms with van der Waals surface area (Å²) in [5.74, 6) is 0.266. The van der Waals surface area contributed by atoms with Gasteiger partial charge in [0.15, 0.2) is 0 Å². The van der Waals surface area contributed by atoms with E-state index in [4.69, 9.17) is 5.73 Å². The SMILES string of the molecule is NC(=O)c1cnc(NC2CCNC2)nc1Nc1ccc2ncccc2c1. The van der Waals surface area contributed by atoms with E-state index in [0.717, 1.165) is 36.1 Å². The number of benzene rings is 1. The molecule has 26 heavy (non-hydrogen) atoms. The fourth-order valence-corrected chi connectivity index (χ4v) is 2.98. The van der Waals surface area contributed by atoms with E-state index in [1.807, 2.05) is 30.3 Å². The molecule has 132 valence electrons. The second-order valence-electron chi connectivity index (χ2n) is 6.19. The smallest absolute Gasteiger partial charge is 0.254 e. The number of rotatable bonds is 5. The Morgan fingerprint density at radius 2 is 2.19 bits per heavy atom. The van der Waals surface area contributed by atoms with Crippen molar-refractivity contribution in [3.05, 3.63) is 48.3 Å². The molecule has 0 radical (unpaired) electrons. The van der Waals surface area contributed by atoms with Crippen molar-refractivity contribution in [3.8, 4) is 0 Å². The van der Waals surface area contributed by atoms with Crippen molar-refractivity contribution in [1.29, 1.82) is 0 Å². The van der Waals surface area contributed by atoms with Gasteiger partial charge in [-0.2, -0.15) is 4.98 Å². The molecule has 1 fully saturated rings. The average Bonchev–Trinajstić information content (AvgIpc) is 3.14. The molecule has 1 amide bonds. The van der Waals surface area contributed by atoms with Crippen LogP contribution in [0.15, 0.2) is 42.7 Å². The van der Waals surface area contributed by atoms with Crippen LogP contribution in [0.4, 0.5) is 17.5 Å². The number of primary amides is 1. The first-order chi connectivity index (χ1) is 12.7. The predicted octanol–water partition coefficient (Wildman–Crippen LogP) is 1.64. The summed E-state index contributed by atoms with van der Waals surface area (Å²) < 4.78 is 0. The predicted molar refractivity (Wildman–Crippen MR) is 100 cm³/mol. The molecule has 3 heterocycles. The number of nitrogens with two attached hydrogens (primary N) is 1. The molecule has 0 bridgehead atoms. The molecule has 1 unspecified atom stereocenters. The third kappa shape index (κ3) is 3.40. The topological polar surface area (TPSA) is 118 Å². The number of hydrogen-bond donors (Lipinski definition) is 4. The molecule has 5 N–H and O–H groups in total. The molecule has 3 aromatic rings. The van der Waals surface area contributed by atoms with Crippen molar-refractivity contribution in [3.63, 3.8) is 0 Å². The first-order valence-corrected chi connectivity index (χ1v) is 8.45. The Bertz CT molecular complexity index is 953. The van der Waals surface area contributed by atoms with Crippen molar-refractivity contribution in [1.82, 2.24) is 20.3 Å². The summed E-state index contributed by atoms with van der Waals surface area (Å²) in [6, 6.07) is 9.87. The first-order valence-electron chi connectivity index (χ1n) is 8.45. The summed E-state index contributed by atoms with van der Waals surface area (Å²) in [6.45, 7) is 1.83. The highest BCUT2D eigenvalue weighted by Crippen LogP contribution is 2.23. The van der Waals surface area contributed by atoms with Gasteiger partial charge in [-0.15, -0.1) is 0 Å². The van der Waals surface area contributed by atoms with Crippen LogP contribution < -0.4 is 21.7 Å². The molecule has 1 atom stereocenters. The van der Waals surface area contributed by atoms with Gasteiger partial charge in [0.25, 0.3) is 5.91 Å². The lowest BCUT2D eigenvalue weighted by atomic mass is 10.2. The van der Waals surface area contributed by atoms with Gasteiger partial charge >= 0.3 is 0 Å². The summed E-state index contributed by atoms with van der Waals surface area (Å²) in [5, 5.41) is 10.7. The molecule has 1 saturated heterocycles. The molecule has 0 aliphatic carbocycles. The highest BCUT2D eigenvalue weighted by molar-refractivity contribution is 5.98. The van der Waals surface area contributed by atoms with E-state index < -0.39 is 5.91 Å². The van der Waals surface area contributed by atoms with Crippen LogP contribution >= 0.6 is 0 Å². The molecule has 8 nitrogen and oxygen atoms in total. The van der Waals surface area contributed by atoms with Crippen molar-refractivity contribution >= 4 is 34.3 Å². The Morgan fingerprint density at radius 1 is 1.27 bits per heavy atom. The van der Waals surface area contributed by atoms with Crippen LogP contribution in [0.25, 0.3) is 10.9 Å². The monoisotopic (exact) mass is 349 g/mol. The minimum Gasteiger partial charge on any atom is -0.365 e. The number of fused-ring (bicyclic) bond motifs is 1. The van der Waals surface area contributed by atoms with Crippen molar-refractivity contribution in [2.24, 2.45) is 5.73 Å². The number of nitrogens with one attached hydrogen (secondary N) is 3. The van der Waals surface area contributed by atoms with Gasteiger partial charge in [0.05, 0.1) is 5.52 Å². The third-order valence-electron chi connectivity index (χ3n) is 4.31. The molecular weight excluding hydrogens is 330 g/mol. The van der Waals surface area contributed by atoms with Gasteiger partial charge in [-0.25, -0.2) is 4.98 Å². The second-order valence-corrected chi connectivity index (χ2v) is 6.19. The quantitative estimate of drug-likeness (QED) is 0.553. The lowest BCUT2D eigenvalue weighted by Gasteiger charge is -2.14. The van der Waals surface area contributed by atoms with Crippen molar-refractivity contribution in [2.75, 3.05) is 23.7 Å². The fourth-order valence-electron chi connectivity index (χ4n) is 2.98. The lowest BCUT2D eigenvalue weighted by Crippen LogP contribution is -2.24. The highest BCUT2D eigenvalue weighted by Gasteiger charge is 2.17. The van der Waals surface area contributed by atoms with Gasteiger partial charge in [-0.3, -0.25) is 9.78 Å². The number of anilines is 3. The normalized spacial score (nSPS) is 16.5. The van der Waals surface area contributed by atoms with Gasteiger partial charge in [-0.05, 0) is 37.2 Å². The number of carbonyl (C=O) groups excluding carboxylic acids is 1. The van der Waals surface area contributed by atoms with E-state index in [2.05, 4.69) is 30.9 Å². The maximum atomic E-state index is 11.7. The van der Waals surface area contributed by atoms with Crippen molar-refractivity contribution < 1.29 is 4.79 Å². The average molecular weight is 349 g/mol. The molecule has 1 aliphatic heterocycles. The molecule has 2 aromatic heterocycles. The Kier molecular flexibility index (Phi) is 4.32. The van der Waals surface area contributed by atoms with E-state index in [9.17, 15) is 4.79 Å². The van der Waals surface area contributed by atoms with Gasteiger partial charge in [0.1, 0.15) is 11.4 Å². The Labute approximate surface area is 150 Å². The minimum absolute atomic E-state index is 0.242. The zero-order chi connectivity index (χ0) is 17.9. The van der Waals surface area contributed by atoms with E-state index in [-0.39, 0.29) is 11.6 Å². The maximum Gasteiger partial charge on any atom is 0.254 e. The van der Waals surface area contributed by atoms with Gasteiger partial charge < -0.3 is 21.7 Å². The minimum atomic E-state index is -0.580. The number of nitrogens with zero attached hydrogens (tertiary/aromatic N) is 3. The molecule has 1 aliphatic rings. The molecule has 0 spiro atoms. The van der Waals surface area contributed by atoms with Gasteiger partial charge in [0.2, 0.25) is 5.95 Å². The maximum absolute atomic E-state index is 11.7. The highest BCUT2D eigenvalue weighted by atomic mass is 16.1. The summed E-state index contributed by atoms with van der Waals surface area (Å²) in [5.41, 5.74) is 7.40. The molecule has 1 aromatic carbocycles. The zero-order valence-corrected chi connectivity index (χ0v) is 14.1. The van der Waals surface area contributed by atoms with E-state index >= 15 is 0 Å². The number of amides is 1. The summed E-state index contributed by atoms with van der Waals surface area (Å²) >= 11 is 0. The number of pyridine rings is 1. The summed E-state index contributed by atoms with van der Waals surface area (Å²) in [6.07, 6.45) is 4.20. The lowest BCUT2D eigenvalue weighted by molar-refractivity contribution is 0.100. The van der Waals surface area contributed by atoms with E-state index in [1.54, 1.807) is 6.20 Å². The standard InChI is InChI=1S/C18H19N7O/c19-16(26)14-10-22-18(24-13-5-7-20-9-13)25-17(14)23-12-3-4-15-11(8-12)2-1-6-21-15/h1-4,6,8,10,13,20H,5,7,9H2,(H2,19,26)(H2,22,23,24,25). The van der Waals surface area contributed by atoms with Crippen LogP contribution in [-0.4, -0.2) is 40.0 Å². The third-order valence-corrected chi connectivity index (χ3v) is 4.31. The zero-order valence-electron chi connectivity index (χ0n) is 14.1. The fraction of sp³-hybridized carbons (Fsp3) is 0.222. The first kappa shape index (κ1) is 16.2.